The van der Waals surface area contributed by atoms with Crippen LogP contribution in [0.25, 0.3) is 0 Å². The van der Waals surface area contributed by atoms with Gasteiger partial charge in [0.2, 0.25) is 0 Å². The molecule has 0 aliphatic carbocycles. The van der Waals surface area contributed by atoms with E-state index < -0.39 is 12.0 Å². The molecule has 0 heterocycles. The molecular weight excluding hydrogens is 107 g/mol. The molecule has 4 heteroatoms. The first-order chi connectivity index (χ1) is 3.68. The van der Waals surface area contributed by atoms with Crippen molar-refractivity contribution in [1.29, 1.82) is 5.26 Å². The van der Waals surface area contributed by atoms with Gasteiger partial charge >= 0.3 is 5.97 Å². The molecule has 0 bridgehead atoms. The van der Waals surface area contributed by atoms with Crippen LogP contribution in [0.5, 0.6) is 0 Å². The summed E-state index contributed by atoms with van der Waals surface area (Å²) in [5.41, 5.74) is 4.90. The summed E-state index contributed by atoms with van der Waals surface area (Å²) in [6.07, 6.45) is -0.130. The Bertz CT molecular complexity index is 126. The number of nitrogens with zero attached hydrogens (tertiary/aromatic N) is 1. The van der Waals surface area contributed by atoms with Crippen LogP contribution in [-0.2, 0) is 4.79 Å². The maximum atomic E-state index is 9.81. The largest absolute Gasteiger partial charge is 0.480 e. The zero-order valence-corrected chi connectivity index (χ0v) is 4.16. The summed E-state index contributed by atoms with van der Waals surface area (Å²) < 4.78 is 0. The molecule has 0 aromatic carbocycles. The number of hydrogen-bond acceptors (Lipinski definition) is 3. The number of nitriles is 1. The van der Waals surface area contributed by atoms with E-state index in [4.69, 9.17) is 16.1 Å². The standard InChI is InChI=1S/C4H6N2O2/c5-2-1-3(6)4(7)8/h3H,1,6H2,(H,7,8)/t3-/m0/s1/i2-1. The van der Waals surface area contributed by atoms with Gasteiger partial charge < -0.3 is 10.8 Å². The second-order valence-corrected chi connectivity index (χ2v) is 1.31. The Labute approximate surface area is 46.5 Å². The van der Waals surface area contributed by atoms with Gasteiger partial charge in [0.05, 0.1) is 12.5 Å². The Morgan fingerprint density at radius 1 is 2.00 bits per heavy atom. The SMILES string of the molecule is N#[11C]C[C@H](N)C(=O)O. The van der Waals surface area contributed by atoms with Gasteiger partial charge in [0.15, 0.2) is 0 Å². The smallest absolute Gasteiger partial charge is 0.321 e. The van der Waals surface area contributed by atoms with Crippen LogP contribution in [0.3, 0.4) is 0 Å². The Morgan fingerprint density at radius 3 is 2.62 bits per heavy atom. The Hall–Kier alpha value is -1.08. The van der Waals surface area contributed by atoms with Gasteiger partial charge in [0, 0.05) is 0 Å². The molecule has 0 amide bonds. The monoisotopic (exact) mass is 113 g/mol. The van der Waals surface area contributed by atoms with Crippen LogP contribution in [0.1, 0.15) is 6.42 Å². The van der Waals surface area contributed by atoms with Crippen LogP contribution in [0, 0.1) is 11.3 Å². The Morgan fingerprint density at radius 2 is 2.50 bits per heavy atom. The van der Waals surface area contributed by atoms with E-state index in [0.29, 0.717) is 0 Å². The van der Waals surface area contributed by atoms with Crippen molar-refractivity contribution in [2.75, 3.05) is 0 Å². The molecule has 0 aliphatic heterocycles. The molecule has 0 radical (unpaired) electrons. The van der Waals surface area contributed by atoms with Crippen LogP contribution in [0.4, 0.5) is 0 Å². The topological polar surface area (TPSA) is 87.1 Å². The zero-order chi connectivity index (χ0) is 6.57. The summed E-state index contributed by atoms with van der Waals surface area (Å²) in [5.74, 6) is -1.13. The van der Waals surface area contributed by atoms with Crippen molar-refractivity contribution in [1.82, 2.24) is 0 Å². The van der Waals surface area contributed by atoms with E-state index in [9.17, 15) is 4.79 Å². The Balaban J connectivity index is 3.52. The summed E-state index contributed by atoms with van der Waals surface area (Å²) in [6.45, 7) is 0. The second kappa shape index (κ2) is 2.99. The minimum atomic E-state index is -1.13. The molecule has 0 aromatic heterocycles. The summed E-state index contributed by atoms with van der Waals surface area (Å²) in [5, 5.41) is 15.9. The summed E-state index contributed by atoms with van der Waals surface area (Å²) in [6, 6.07) is 0.615. The van der Waals surface area contributed by atoms with Crippen LogP contribution in [-0.4, -0.2) is 17.1 Å². The normalized spacial score (nSPS) is 12.0. The first-order valence-electron chi connectivity index (χ1n) is 2.04. The van der Waals surface area contributed by atoms with E-state index in [1.807, 2.05) is 0 Å². The van der Waals surface area contributed by atoms with Crippen molar-refractivity contribution < 1.29 is 9.90 Å². The maximum absolute atomic E-state index is 9.81. The highest BCUT2D eigenvalue weighted by molar-refractivity contribution is 5.73. The molecule has 1 atom stereocenters. The lowest BCUT2D eigenvalue weighted by molar-refractivity contribution is -0.138. The van der Waals surface area contributed by atoms with E-state index in [0.717, 1.165) is 0 Å². The number of nitrogens with two attached hydrogens (primary N) is 1. The van der Waals surface area contributed by atoms with Gasteiger partial charge in [0.1, 0.15) is 6.04 Å². The van der Waals surface area contributed by atoms with Gasteiger partial charge in [-0.2, -0.15) is 5.26 Å². The van der Waals surface area contributed by atoms with E-state index in [1.54, 1.807) is 6.07 Å². The zero-order valence-electron chi connectivity index (χ0n) is 4.16. The molecule has 3 N–H and O–H groups in total. The van der Waals surface area contributed by atoms with E-state index in [2.05, 4.69) is 0 Å². The van der Waals surface area contributed by atoms with Crippen molar-refractivity contribution >= 4 is 5.97 Å². The first kappa shape index (κ1) is 6.92. The van der Waals surface area contributed by atoms with Crippen LogP contribution < -0.4 is 5.73 Å². The fourth-order valence-corrected chi connectivity index (χ4v) is 0.186. The lowest BCUT2D eigenvalue weighted by Crippen LogP contribution is -2.29. The first-order valence-corrected chi connectivity index (χ1v) is 2.04. The van der Waals surface area contributed by atoms with Gasteiger partial charge in [-0.15, -0.1) is 0 Å². The molecule has 4 nitrogen and oxygen atoms in total. The van der Waals surface area contributed by atoms with Crippen LogP contribution in [0.2, 0.25) is 0 Å². The fraction of sp³-hybridized carbons (Fsp3) is 0.500. The average molecular weight is 113 g/mol. The second-order valence-electron chi connectivity index (χ2n) is 1.31. The van der Waals surface area contributed by atoms with Gasteiger partial charge in [-0.3, -0.25) is 4.79 Å². The van der Waals surface area contributed by atoms with E-state index in [1.165, 1.54) is 0 Å². The van der Waals surface area contributed by atoms with Crippen LogP contribution in [0.15, 0.2) is 0 Å². The molecule has 0 rings (SSSR count). The quantitative estimate of drug-likeness (QED) is 0.496. The molecule has 0 saturated carbocycles. The van der Waals surface area contributed by atoms with E-state index >= 15 is 0 Å². The van der Waals surface area contributed by atoms with Gasteiger partial charge in [0.25, 0.3) is 0 Å². The molecule has 0 spiro atoms. The van der Waals surface area contributed by atoms with Crippen molar-refractivity contribution in [3.8, 4) is 6.07 Å². The van der Waals surface area contributed by atoms with Crippen molar-refractivity contribution in [3.63, 3.8) is 0 Å². The average Bonchev–Trinajstić information content (AvgIpc) is 1.67. The number of hydrogen-bond donors (Lipinski definition) is 2. The van der Waals surface area contributed by atoms with Crippen molar-refractivity contribution in [2.24, 2.45) is 5.73 Å². The Kier molecular flexibility index (Phi) is 2.59. The third-order valence-corrected chi connectivity index (χ3v) is 0.628. The summed E-state index contributed by atoms with van der Waals surface area (Å²) >= 11 is 0. The highest BCUT2D eigenvalue weighted by Gasteiger charge is 2.08. The van der Waals surface area contributed by atoms with Gasteiger partial charge in [-0.25, -0.2) is 0 Å². The molecule has 0 fully saturated rings. The number of carbonyl (C=O) groups is 1. The lowest BCUT2D eigenvalue weighted by atomic mass is 10.0. The minimum absolute atomic E-state index is 0.130. The highest BCUT2D eigenvalue weighted by atomic mass is 16.4. The third-order valence-electron chi connectivity index (χ3n) is 0.628. The molecule has 0 aromatic rings. The number of carboxylic acids is 1. The molecule has 0 saturated heterocycles. The third kappa shape index (κ3) is 2.16. The minimum Gasteiger partial charge on any atom is -0.480 e. The van der Waals surface area contributed by atoms with Gasteiger partial charge in [-0.05, 0) is 0 Å². The lowest BCUT2D eigenvalue weighted by Gasteiger charge is -1.95. The predicted octanol–water partition coefficient (Wildman–Crippen LogP) is -0.688. The van der Waals surface area contributed by atoms with Crippen molar-refractivity contribution in [3.05, 3.63) is 0 Å². The van der Waals surface area contributed by atoms with Gasteiger partial charge in [-0.1, -0.05) is 0 Å². The molecule has 0 unspecified atom stereocenters. The molecule has 44 valence electrons. The number of rotatable bonds is 2. The predicted molar refractivity (Wildman–Crippen MR) is 25.8 cm³/mol. The number of carboxylic acid groups (broad SMARTS) is 1. The van der Waals surface area contributed by atoms with E-state index in [-0.39, 0.29) is 6.42 Å². The number of aliphatic carboxylic acids is 1. The fourth-order valence-electron chi connectivity index (χ4n) is 0.186. The summed E-state index contributed by atoms with van der Waals surface area (Å²) in [7, 11) is 0. The molecule has 0 aliphatic rings. The highest BCUT2D eigenvalue weighted by Crippen LogP contribution is 1.82. The molecule has 8 heavy (non-hydrogen) atoms. The molecular formula is C4H6N2O2. The van der Waals surface area contributed by atoms with Crippen molar-refractivity contribution in [2.45, 2.75) is 12.5 Å². The maximum Gasteiger partial charge on any atom is 0.321 e. The summed E-state index contributed by atoms with van der Waals surface area (Å²) in [4.78, 5) is 9.81. The van der Waals surface area contributed by atoms with Crippen LogP contribution >= 0.6 is 0 Å².